The van der Waals surface area contributed by atoms with E-state index in [-0.39, 0.29) is 30.9 Å². The number of alkyl halides is 6. The molecule has 0 spiro atoms. The van der Waals surface area contributed by atoms with Crippen LogP contribution in [0, 0.1) is 0 Å². The maximum absolute atomic E-state index is 13.5. The molecule has 2 heterocycles. The molecule has 0 aliphatic carbocycles. The van der Waals surface area contributed by atoms with Crippen molar-refractivity contribution in [1.82, 2.24) is 15.0 Å². The molecule has 1 aromatic carbocycles. The molecule has 8 nitrogen and oxygen atoms in total. The van der Waals surface area contributed by atoms with Crippen molar-refractivity contribution in [1.29, 1.82) is 0 Å². The predicted molar refractivity (Wildman–Crippen MR) is 134 cm³/mol. The van der Waals surface area contributed by atoms with Gasteiger partial charge in [-0.15, -0.1) is 0 Å². The molecule has 41 heavy (non-hydrogen) atoms. The van der Waals surface area contributed by atoms with Crippen molar-refractivity contribution in [2.75, 3.05) is 7.11 Å². The summed E-state index contributed by atoms with van der Waals surface area (Å²) in [6.45, 7) is 6.39. The fraction of sp³-hybridized carbons (Fsp3) is 0.593. The van der Waals surface area contributed by atoms with Crippen molar-refractivity contribution in [3.05, 3.63) is 52.9 Å². The molecule has 3 atom stereocenters. The van der Waals surface area contributed by atoms with Crippen LogP contribution in [0.5, 0.6) is 0 Å². The molecule has 0 saturated carbocycles. The summed E-state index contributed by atoms with van der Waals surface area (Å²) in [5, 5.41) is 3.69. The summed E-state index contributed by atoms with van der Waals surface area (Å²) in [6, 6.07) is 1.04. The van der Waals surface area contributed by atoms with Gasteiger partial charge in [0.05, 0.1) is 24.4 Å². The van der Waals surface area contributed by atoms with Gasteiger partial charge in [-0.2, -0.15) is 26.3 Å². The Labute approximate surface area is 233 Å². The van der Waals surface area contributed by atoms with Crippen molar-refractivity contribution in [3.63, 3.8) is 0 Å². The lowest BCUT2D eigenvalue weighted by Crippen LogP contribution is -2.58. The van der Waals surface area contributed by atoms with E-state index in [4.69, 9.17) is 14.0 Å². The van der Waals surface area contributed by atoms with Gasteiger partial charge in [0.2, 0.25) is 0 Å². The van der Waals surface area contributed by atoms with E-state index < -0.39 is 65.9 Å². The lowest BCUT2D eigenvalue weighted by molar-refractivity contribution is -0.143. The van der Waals surface area contributed by atoms with Crippen LogP contribution in [0.15, 0.2) is 35.0 Å². The first kappa shape index (κ1) is 32.1. The van der Waals surface area contributed by atoms with Crippen LogP contribution >= 0.6 is 0 Å². The van der Waals surface area contributed by atoms with Gasteiger partial charge in [-0.05, 0) is 63.8 Å². The lowest BCUT2D eigenvalue weighted by Gasteiger charge is -2.47. The summed E-state index contributed by atoms with van der Waals surface area (Å²) in [5.74, 6) is 0.441. The summed E-state index contributed by atoms with van der Waals surface area (Å²) in [4.78, 5) is 28.9. The van der Waals surface area contributed by atoms with Gasteiger partial charge >= 0.3 is 24.5 Å². The number of methoxy groups -OCH3 is 1. The number of likely N-dealkylation sites (tertiary alicyclic amines) is 1. The van der Waals surface area contributed by atoms with Gasteiger partial charge in [-0.25, -0.2) is 9.59 Å². The Kier molecular flexibility index (Phi) is 9.54. The largest absolute Gasteiger partial charge is 0.453 e. The number of carbonyl (C=O) groups excluding carboxylic acids is 2. The van der Waals surface area contributed by atoms with E-state index >= 15 is 0 Å². The predicted octanol–water partition coefficient (Wildman–Crippen LogP) is 7.07. The van der Waals surface area contributed by atoms with Gasteiger partial charge in [-0.1, -0.05) is 12.1 Å². The number of hydrogen-bond acceptors (Lipinski definition) is 6. The average Bonchev–Trinajstić information content (AvgIpc) is 3.37. The number of rotatable bonds is 6. The van der Waals surface area contributed by atoms with Crippen molar-refractivity contribution in [2.45, 2.75) is 96.0 Å². The Morgan fingerprint density at radius 2 is 1.61 bits per heavy atom. The second-order valence-corrected chi connectivity index (χ2v) is 10.9. The third-order valence-electron chi connectivity index (χ3n) is 6.73. The molecule has 3 rings (SSSR count). The van der Waals surface area contributed by atoms with Crippen molar-refractivity contribution < 1.29 is 49.9 Å². The normalized spacial score (nSPS) is 20.1. The van der Waals surface area contributed by atoms with Crippen LogP contribution in [0.1, 0.15) is 69.4 Å². The quantitative estimate of drug-likeness (QED) is 0.333. The van der Waals surface area contributed by atoms with E-state index in [9.17, 15) is 35.9 Å². The minimum absolute atomic E-state index is 0.0336. The highest BCUT2D eigenvalue weighted by Crippen LogP contribution is 2.38. The number of hydrogen-bond donors (Lipinski definition) is 0. The number of nitrogens with zero attached hydrogens (tertiary/aromatic N) is 3. The maximum atomic E-state index is 13.5. The fourth-order valence-electron chi connectivity index (χ4n) is 5.01. The van der Waals surface area contributed by atoms with Gasteiger partial charge in [-0.3, -0.25) is 0 Å². The number of carbonyl (C=O) groups is 2. The molecule has 2 amide bonds. The highest BCUT2D eigenvalue weighted by Gasteiger charge is 2.44. The van der Waals surface area contributed by atoms with Crippen LogP contribution in [0.25, 0.3) is 0 Å². The Balaban J connectivity index is 2.01. The molecule has 1 aliphatic rings. The molecule has 228 valence electrons. The monoisotopic (exact) mass is 593 g/mol. The van der Waals surface area contributed by atoms with E-state index in [1.54, 1.807) is 31.7 Å². The molecule has 3 unspecified atom stereocenters. The molecule has 1 fully saturated rings. The van der Waals surface area contributed by atoms with Crippen molar-refractivity contribution in [3.8, 4) is 0 Å². The number of halogens is 6. The zero-order valence-corrected chi connectivity index (χ0v) is 23.3. The molecule has 1 aliphatic heterocycles. The molecule has 1 saturated heterocycles. The topological polar surface area (TPSA) is 85.1 Å². The van der Waals surface area contributed by atoms with Crippen LogP contribution in [0.2, 0.25) is 0 Å². The Morgan fingerprint density at radius 1 is 1.02 bits per heavy atom. The third-order valence-corrected chi connectivity index (χ3v) is 6.73. The first-order valence-electron chi connectivity index (χ1n) is 13.0. The first-order valence-corrected chi connectivity index (χ1v) is 13.0. The van der Waals surface area contributed by atoms with Crippen LogP contribution in [-0.4, -0.2) is 58.0 Å². The number of ether oxygens (including phenoxy) is 2. The number of benzene rings is 1. The van der Waals surface area contributed by atoms with Crippen LogP contribution < -0.4 is 0 Å². The zero-order chi connectivity index (χ0) is 30.8. The van der Waals surface area contributed by atoms with Gasteiger partial charge in [0, 0.05) is 37.2 Å². The van der Waals surface area contributed by atoms with Crippen LogP contribution in [0.3, 0.4) is 0 Å². The van der Waals surface area contributed by atoms with Gasteiger partial charge in [0.25, 0.3) is 0 Å². The molecule has 2 aromatic rings. The zero-order valence-electron chi connectivity index (χ0n) is 23.3. The smallest absolute Gasteiger partial charge is 0.416 e. The average molecular weight is 594 g/mol. The first-order chi connectivity index (χ1) is 18.9. The van der Waals surface area contributed by atoms with Gasteiger partial charge in [0.1, 0.15) is 11.4 Å². The number of amides is 2. The van der Waals surface area contributed by atoms with Crippen LogP contribution in [-0.2, 0) is 34.8 Å². The van der Waals surface area contributed by atoms with Crippen LogP contribution in [0.4, 0.5) is 35.9 Å². The highest BCUT2D eigenvalue weighted by molar-refractivity contribution is 5.70. The van der Waals surface area contributed by atoms with E-state index in [0.29, 0.717) is 24.3 Å². The number of piperidine rings is 1. The summed E-state index contributed by atoms with van der Waals surface area (Å²) >= 11 is 0. The molecule has 0 bridgehead atoms. The maximum Gasteiger partial charge on any atom is 0.416 e. The Hall–Kier alpha value is -3.45. The van der Waals surface area contributed by atoms with E-state index in [1.165, 1.54) is 6.20 Å². The minimum atomic E-state index is -5.04. The molecule has 0 radical (unpaired) electrons. The lowest BCUT2D eigenvalue weighted by atomic mass is 9.87. The third kappa shape index (κ3) is 8.29. The summed E-state index contributed by atoms with van der Waals surface area (Å²) in [7, 11) is 1.07. The standard InChI is InChI=1S/C27H33F6N3O5/c1-6-19-12-20(13-21(14-22-7-8-34-41-22)36(19)24(38)40-25(2,3)4)35(23(37)39-5)15-16-9-17(26(28,29)30)11-18(10-16)27(31,32)33/h7-11,19-21H,6,12-15H2,1-5H3. The Morgan fingerprint density at radius 3 is 2.07 bits per heavy atom. The molecule has 0 N–H and O–H groups in total. The van der Waals surface area contributed by atoms with E-state index in [2.05, 4.69) is 5.16 Å². The fourth-order valence-corrected chi connectivity index (χ4v) is 5.01. The van der Waals surface area contributed by atoms with Crippen molar-refractivity contribution in [2.24, 2.45) is 0 Å². The second kappa shape index (κ2) is 12.2. The minimum Gasteiger partial charge on any atom is -0.453 e. The van der Waals surface area contributed by atoms with Crippen molar-refractivity contribution >= 4 is 12.2 Å². The second-order valence-electron chi connectivity index (χ2n) is 10.9. The van der Waals surface area contributed by atoms with Gasteiger partial charge < -0.3 is 23.8 Å². The summed E-state index contributed by atoms with van der Waals surface area (Å²) < 4.78 is 96.7. The van der Waals surface area contributed by atoms with E-state index in [1.807, 2.05) is 6.92 Å². The summed E-state index contributed by atoms with van der Waals surface area (Å²) in [6.07, 6.45) is -9.26. The highest BCUT2D eigenvalue weighted by atomic mass is 19.4. The number of aromatic nitrogens is 1. The molecule has 14 heteroatoms. The Bertz CT molecular complexity index is 1160. The summed E-state index contributed by atoms with van der Waals surface area (Å²) in [5.41, 5.74) is -4.14. The SMILES string of the molecule is CCC1CC(N(Cc2cc(C(F)(F)F)cc(C(F)(F)F)c2)C(=O)OC)CC(Cc2ccno2)N1C(=O)OC(C)(C)C. The molecular formula is C27H33F6N3O5. The van der Waals surface area contributed by atoms with E-state index in [0.717, 1.165) is 12.0 Å². The van der Waals surface area contributed by atoms with Gasteiger partial charge in [0.15, 0.2) is 0 Å². The molecular weight excluding hydrogens is 560 g/mol. The molecule has 1 aromatic heterocycles.